The van der Waals surface area contributed by atoms with E-state index in [0.717, 1.165) is 17.7 Å². The van der Waals surface area contributed by atoms with Crippen LogP contribution < -0.4 is 5.32 Å². The van der Waals surface area contributed by atoms with Gasteiger partial charge in [0.15, 0.2) is 0 Å². The molecule has 2 aromatic rings. The largest absolute Gasteiger partial charge is 0.339 e. The second-order valence-corrected chi connectivity index (χ2v) is 8.51. The van der Waals surface area contributed by atoms with Crippen molar-refractivity contribution in [2.24, 2.45) is 5.92 Å². The van der Waals surface area contributed by atoms with E-state index in [9.17, 15) is 18.4 Å². The van der Waals surface area contributed by atoms with Crippen molar-refractivity contribution in [1.82, 2.24) is 4.90 Å². The Morgan fingerprint density at radius 3 is 2.17 bits per heavy atom. The Bertz CT molecular complexity index is 896. The zero-order valence-corrected chi connectivity index (χ0v) is 17.0. The zero-order chi connectivity index (χ0) is 21.2. The molecule has 1 aliphatic rings. The number of likely N-dealkylation sites (tertiary alicyclic amines) is 1. The Kier molecular flexibility index (Phi) is 6.01. The highest BCUT2D eigenvalue weighted by atomic mass is 19.1. The smallest absolute Gasteiger partial charge is 0.253 e. The Morgan fingerprint density at radius 1 is 1.00 bits per heavy atom. The van der Waals surface area contributed by atoms with E-state index in [1.54, 1.807) is 4.90 Å². The van der Waals surface area contributed by atoms with Gasteiger partial charge in [0, 0.05) is 30.6 Å². The first kappa shape index (κ1) is 21.0. The first-order valence-electron chi connectivity index (χ1n) is 9.81. The lowest BCUT2D eigenvalue weighted by atomic mass is 9.86. The minimum atomic E-state index is -0.801. The van der Waals surface area contributed by atoms with E-state index < -0.39 is 11.6 Å². The van der Waals surface area contributed by atoms with Crippen LogP contribution in [-0.4, -0.2) is 29.8 Å². The van der Waals surface area contributed by atoms with Gasteiger partial charge in [-0.3, -0.25) is 9.59 Å². The molecule has 0 spiro atoms. The van der Waals surface area contributed by atoms with Crippen LogP contribution >= 0.6 is 0 Å². The molecule has 0 atom stereocenters. The van der Waals surface area contributed by atoms with Crippen molar-refractivity contribution in [3.8, 4) is 0 Å². The minimum absolute atomic E-state index is 0.0251. The van der Waals surface area contributed by atoms with Crippen LogP contribution in [0.1, 0.15) is 49.5 Å². The molecule has 0 bridgehead atoms. The molecule has 1 heterocycles. The molecule has 1 aliphatic heterocycles. The van der Waals surface area contributed by atoms with Gasteiger partial charge in [0.25, 0.3) is 5.91 Å². The Morgan fingerprint density at radius 2 is 1.62 bits per heavy atom. The summed E-state index contributed by atoms with van der Waals surface area (Å²) in [6.45, 7) is 7.29. The number of carbonyl (C=O) groups excluding carboxylic acids is 2. The van der Waals surface area contributed by atoms with Crippen LogP contribution in [0.5, 0.6) is 0 Å². The van der Waals surface area contributed by atoms with Crippen molar-refractivity contribution in [1.29, 1.82) is 0 Å². The molecule has 3 rings (SSSR count). The molecule has 2 amide bonds. The molecule has 29 heavy (non-hydrogen) atoms. The third kappa shape index (κ3) is 5.00. The quantitative estimate of drug-likeness (QED) is 0.808. The summed E-state index contributed by atoms with van der Waals surface area (Å²) < 4.78 is 26.7. The van der Waals surface area contributed by atoms with Gasteiger partial charge in [0.05, 0.1) is 5.69 Å². The Balaban J connectivity index is 1.57. The monoisotopic (exact) mass is 400 g/mol. The predicted octanol–water partition coefficient (Wildman–Crippen LogP) is 4.75. The van der Waals surface area contributed by atoms with Gasteiger partial charge in [-0.15, -0.1) is 0 Å². The van der Waals surface area contributed by atoms with Crippen LogP contribution in [0.15, 0.2) is 42.5 Å². The normalized spacial score (nSPS) is 15.3. The summed E-state index contributed by atoms with van der Waals surface area (Å²) in [4.78, 5) is 26.9. The van der Waals surface area contributed by atoms with E-state index in [1.807, 2.05) is 24.3 Å². The van der Waals surface area contributed by atoms with Crippen LogP contribution in [-0.2, 0) is 10.2 Å². The molecule has 0 aliphatic carbocycles. The van der Waals surface area contributed by atoms with E-state index in [4.69, 9.17) is 0 Å². The van der Waals surface area contributed by atoms with Crippen molar-refractivity contribution >= 4 is 17.5 Å². The van der Waals surface area contributed by atoms with Gasteiger partial charge in [-0.1, -0.05) is 32.9 Å². The highest BCUT2D eigenvalue weighted by Crippen LogP contribution is 2.25. The summed E-state index contributed by atoms with van der Waals surface area (Å²) in [7, 11) is 0. The van der Waals surface area contributed by atoms with Crippen LogP contribution in [0.4, 0.5) is 14.5 Å². The van der Waals surface area contributed by atoms with Crippen molar-refractivity contribution in [2.75, 3.05) is 18.4 Å². The maximum absolute atomic E-state index is 13.7. The fraction of sp³-hybridized carbons (Fsp3) is 0.391. The SMILES string of the molecule is CC(C)(C)c1ccc(C(=O)N2CCC(C(=O)Nc3ccc(F)cc3F)CC2)cc1. The number of amides is 2. The molecular weight excluding hydrogens is 374 g/mol. The maximum Gasteiger partial charge on any atom is 0.253 e. The van der Waals surface area contributed by atoms with Gasteiger partial charge in [0.1, 0.15) is 11.6 Å². The lowest BCUT2D eigenvalue weighted by Gasteiger charge is -2.31. The molecule has 0 radical (unpaired) electrons. The molecular formula is C23H26F2N2O2. The summed E-state index contributed by atoms with van der Waals surface area (Å²) in [6.07, 6.45) is 1.00. The van der Waals surface area contributed by atoms with Crippen molar-refractivity contribution in [3.63, 3.8) is 0 Å². The number of anilines is 1. The van der Waals surface area contributed by atoms with Crippen molar-refractivity contribution in [2.45, 2.75) is 39.0 Å². The number of nitrogens with zero attached hydrogens (tertiary/aromatic N) is 1. The number of rotatable bonds is 3. The summed E-state index contributed by atoms with van der Waals surface area (Å²) >= 11 is 0. The highest BCUT2D eigenvalue weighted by Gasteiger charge is 2.28. The number of piperidine rings is 1. The molecule has 4 nitrogen and oxygen atoms in total. The Labute approximate surface area is 169 Å². The molecule has 1 fully saturated rings. The number of carbonyl (C=O) groups is 2. The van der Waals surface area contributed by atoms with E-state index >= 15 is 0 Å². The number of nitrogens with one attached hydrogen (secondary N) is 1. The number of hydrogen-bond acceptors (Lipinski definition) is 2. The van der Waals surface area contributed by atoms with Gasteiger partial charge in [-0.2, -0.15) is 0 Å². The predicted molar refractivity (Wildman–Crippen MR) is 109 cm³/mol. The molecule has 154 valence electrons. The molecule has 1 saturated heterocycles. The highest BCUT2D eigenvalue weighted by molar-refractivity contribution is 5.95. The summed E-state index contributed by atoms with van der Waals surface area (Å²) in [5, 5.41) is 2.52. The minimum Gasteiger partial charge on any atom is -0.339 e. The third-order valence-corrected chi connectivity index (χ3v) is 5.34. The number of halogens is 2. The molecule has 0 aromatic heterocycles. The van der Waals surface area contributed by atoms with Gasteiger partial charge in [-0.25, -0.2) is 8.78 Å². The lowest BCUT2D eigenvalue weighted by molar-refractivity contribution is -0.121. The van der Waals surface area contributed by atoms with E-state index in [2.05, 4.69) is 26.1 Å². The Hall–Kier alpha value is -2.76. The molecule has 2 aromatic carbocycles. The second-order valence-electron chi connectivity index (χ2n) is 8.51. The second kappa shape index (κ2) is 8.31. The summed E-state index contributed by atoms with van der Waals surface area (Å²) in [5.74, 6) is -2.16. The average Bonchev–Trinajstić information content (AvgIpc) is 2.69. The van der Waals surface area contributed by atoms with E-state index in [0.29, 0.717) is 31.5 Å². The fourth-order valence-corrected chi connectivity index (χ4v) is 3.47. The van der Waals surface area contributed by atoms with Crippen LogP contribution in [0, 0.1) is 17.6 Å². The molecule has 1 N–H and O–H groups in total. The van der Waals surface area contributed by atoms with Crippen molar-refractivity contribution < 1.29 is 18.4 Å². The zero-order valence-electron chi connectivity index (χ0n) is 17.0. The maximum atomic E-state index is 13.7. The third-order valence-electron chi connectivity index (χ3n) is 5.34. The van der Waals surface area contributed by atoms with Crippen LogP contribution in [0.2, 0.25) is 0 Å². The summed E-state index contributed by atoms with van der Waals surface area (Å²) in [6, 6.07) is 10.7. The first-order valence-corrected chi connectivity index (χ1v) is 9.81. The number of hydrogen-bond donors (Lipinski definition) is 1. The fourth-order valence-electron chi connectivity index (χ4n) is 3.47. The lowest BCUT2D eigenvalue weighted by Crippen LogP contribution is -2.41. The average molecular weight is 400 g/mol. The topological polar surface area (TPSA) is 49.4 Å². The van der Waals surface area contributed by atoms with Crippen LogP contribution in [0.3, 0.4) is 0 Å². The molecule has 0 saturated carbocycles. The van der Waals surface area contributed by atoms with Crippen molar-refractivity contribution in [3.05, 3.63) is 65.2 Å². The number of benzene rings is 2. The van der Waals surface area contributed by atoms with E-state index in [1.165, 1.54) is 6.07 Å². The van der Waals surface area contributed by atoms with E-state index in [-0.39, 0.29) is 28.8 Å². The molecule has 0 unspecified atom stereocenters. The van der Waals surface area contributed by atoms with Crippen LogP contribution in [0.25, 0.3) is 0 Å². The van der Waals surface area contributed by atoms with Gasteiger partial charge in [0.2, 0.25) is 5.91 Å². The summed E-state index contributed by atoms with van der Waals surface area (Å²) in [5.41, 5.74) is 1.79. The van der Waals surface area contributed by atoms with Gasteiger partial charge < -0.3 is 10.2 Å². The molecule has 6 heteroatoms. The van der Waals surface area contributed by atoms with Gasteiger partial charge in [-0.05, 0) is 48.1 Å². The standard InChI is InChI=1S/C23H26F2N2O2/c1-23(2,3)17-6-4-16(5-7-17)22(29)27-12-10-15(11-13-27)21(28)26-20-9-8-18(24)14-19(20)25/h4-9,14-15H,10-13H2,1-3H3,(H,26,28). The van der Waals surface area contributed by atoms with Gasteiger partial charge >= 0.3 is 0 Å². The first-order chi connectivity index (χ1) is 13.6.